The third-order valence-corrected chi connectivity index (χ3v) is 3.98. The summed E-state index contributed by atoms with van der Waals surface area (Å²) in [5, 5.41) is 0. The summed E-state index contributed by atoms with van der Waals surface area (Å²) in [7, 11) is -3.95. The first-order valence-electron chi connectivity index (χ1n) is 5.69. The normalized spacial score (nSPS) is 11.3. The van der Waals surface area contributed by atoms with E-state index in [1.54, 1.807) is 6.07 Å². The fraction of sp³-hybridized carbons (Fsp3) is 0.0769. The highest BCUT2D eigenvalue weighted by atomic mass is 32.2. The molecule has 0 saturated heterocycles. The summed E-state index contributed by atoms with van der Waals surface area (Å²) < 4.78 is 52.5. The predicted octanol–water partition coefficient (Wildman–Crippen LogP) is 2.22. The second-order valence-electron chi connectivity index (χ2n) is 4.08. The van der Waals surface area contributed by atoms with E-state index in [1.165, 1.54) is 18.2 Å². The molecule has 0 radical (unpaired) electrons. The fourth-order valence-electron chi connectivity index (χ4n) is 1.62. The van der Waals surface area contributed by atoms with Gasteiger partial charge in [-0.15, -0.1) is 0 Å². The molecule has 0 aromatic heterocycles. The second kappa shape index (κ2) is 5.56. The summed E-state index contributed by atoms with van der Waals surface area (Å²) in [5.41, 5.74) is 5.76. The number of hydrogen-bond donors (Lipinski definition) is 2. The Morgan fingerprint density at radius 1 is 1.10 bits per heavy atom. The lowest BCUT2D eigenvalue weighted by Crippen LogP contribution is -2.14. The molecule has 0 aliphatic rings. The molecule has 0 aliphatic carbocycles. The third-order valence-electron chi connectivity index (χ3n) is 2.62. The number of halogens is 2. The highest BCUT2D eigenvalue weighted by Crippen LogP contribution is 2.20. The summed E-state index contributed by atoms with van der Waals surface area (Å²) in [5.74, 6) is -1.76. The van der Waals surface area contributed by atoms with E-state index in [2.05, 4.69) is 4.72 Å². The van der Waals surface area contributed by atoms with E-state index < -0.39 is 21.7 Å². The van der Waals surface area contributed by atoms with Crippen LogP contribution in [0.2, 0.25) is 0 Å². The van der Waals surface area contributed by atoms with Crippen LogP contribution in [0, 0.1) is 11.6 Å². The first kappa shape index (κ1) is 14.4. The first-order chi connectivity index (χ1) is 9.42. The standard InChI is InChI=1S/C13H12F2N2O2S/c14-10-4-5-13(12(15)7-10)17-20(18,19)11-3-1-2-9(6-11)8-16/h1-7,17H,8,16H2. The van der Waals surface area contributed by atoms with Crippen molar-refractivity contribution in [2.45, 2.75) is 11.4 Å². The maximum Gasteiger partial charge on any atom is 0.261 e. The lowest BCUT2D eigenvalue weighted by Gasteiger charge is -2.09. The van der Waals surface area contributed by atoms with Gasteiger partial charge in [-0.25, -0.2) is 17.2 Å². The van der Waals surface area contributed by atoms with Crippen molar-refractivity contribution < 1.29 is 17.2 Å². The Kier molecular flexibility index (Phi) is 4.01. The Labute approximate surface area is 115 Å². The van der Waals surface area contributed by atoms with Gasteiger partial charge >= 0.3 is 0 Å². The summed E-state index contributed by atoms with van der Waals surface area (Å²) in [6, 6.07) is 8.57. The highest BCUT2D eigenvalue weighted by molar-refractivity contribution is 7.92. The minimum Gasteiger partial charge on any atom is -0.326 e. The van der Waals surface area contributed by atoms with Crippen molar-refractivity contribution in [1.29, 1.82) is 0 Å². The molecule has 0 spiro atoms. The molecule has 0 bridgehead atoms. The lowest BCUT2D eigenvalue weighted by atomic mass is 10.2. The van der Waals surface area contributed by atoms with E-state index in [9.17, 15) is 17.2 Å². The molecule has 20 heavy (non-hydrogen) atoms. The topological polar surface area (TPSA) is 72.2 Å². The van der Waals surface area contributed by atoms with Gasteiger partial charge in [-0.3, -0.25) is 4.72 Å². The highest BCUT2D eigenvalue weighted by Gasteiger charge is 2.16. The van der Waals surface area contributed by atoms with Crippen LogP contribution in [-0.2, 0) is 16.6 Å². The van der Waals surface area contributed by atoms with Gasteiger partial charge in [-0.05, 0) is 29.8 Å². The molecule has 2 rings (SSSR count). The average Bonchev–Trinajstić information content (AvgIpc) is 2.42. The second-order valence-corrected chi connectivity index (χ2v) is 5.76. The average molecular weight is 298 g/mol. The molecule has 0 saturated carbocycles. The van der Waals surface area contributed by atoms with Crippen molar-refractivity contribution >= 4 is 15.7 Å². The molecule has 7 heteroatoms. The summed E-state index contributed by atoms with van der Waals surface area (Å²) in [4.78, 5) is -0.0378. The minimum atomic E-state index is -3.95. The summed E-state index contributed by atoms with van der Waals surface area (Å²) >= 11 is 0. The smallest absolute Gasteiger partial charge is 0.261 e. The van der Waals surface area contributed by atoms with Gasteiger partial charge in [0.1, 0.15) is 11.6 Å². The van der Waals surface area contributed by atoms with E-state index in [0.717, 1.165) is 12.1 Å². The number of anilines is 1. The maximum absolute atomic E-state index is 13.5. The van der Waals surface area contributed by atoms with Crippen LogP contribution in [0.25, 0.3) is 0 Å². The van der Waals surface area contributed by atoms with E-state index in [0.29, 0.717) is 11.6 Å². The van der Waals surface area contributed by atoms with Crippen LogP contribution in [0.3, 0.4) is 0 Å². The summed E-state index contributed by atoms with van der Waals surface area (Å²) in [6.07, 6.45) is 0. The Morgan fingerprint density at radius 2 is 1.85 bits per heavy atom. The van der Waals surface area contributed by atoms with Gasteiger partial charge in [-0.1, -0.05) is 12.1 Å². The zero-order valence-electron chi connectivity index (χ0n) is 10.3. The molecule has 0 amide bonds. The maximum atomic E-state index is 13.5. The Hall–Kier alpha value is -1.99. The molecule has 2 aromatic rings. The van der Waals surface area contributed by atoms with Crippen molar-refractivity contribution in [2.75, 3.05) is 4.72 Å². The van der Waals surface area contributed by atoms with Gasteiger partial charge < -0.3 is 5.73 Å². The van der Waals surface area contributed by atoms with E-state index >= 15 is 0 Å². The van der Waals surface area contributed by atoms with Gasteiger partial charge in [0.05, 0.1) is 10.6 Å². The molecular formula is C13H12F2N2O2S. The molecule has 0 aliphatic heterocycles. The monoisotopic (exact) mass is 298 g/mol. The Balaban J connectivity index is 2.35. The van der Waals surface area contributed by atoms with Gasteiger partial charge in [0, 0.05) is 12.6 Å². The molecule has 0 fully saturated rings. The zero-order valence-corrected chi connectivity index (χ0v) is 11.1. The number of hydrogen-bond acceptors (Lipinski definition) is 3. The predicted molar refractivity (Wildman–Crippen MR) is 71.5 cm³/mol. The van der Waals surface area contributed by atoms with Crippen LogP contribution in [0.5, 0.6) is 0 Å². The molecule has 0 atom stereocenters. The Bertz CT molecular complexity index is 733. The van der Waals surface area contributed by atoms with E-state index in [-0.39, 0.29) is 17.1 Å². The van der Waals surface area contributed by atoms with Crippen LogP contribution < -0.4 is 10.5 Å². The van der Waals surface area contributed by atoms with Crippen molar-refractivity contribution in [3.05, 3.63) is 59.7 Å². The van der Waals surface area contributed by atoms with Crippen molar-refractivity contribution in [3.63, 3.8) is 0 Å². The van der Waals surface area contributed by atoms with Gasteiger partial charge in [0.15, 0.2) is 0 Å². The molecule has 3 N–H and O–H groups in total. The van der Waals surface area contributed by atoms with Crippen molar-refractivity contribution in [2.24, 2.45) is 5.73 Å². The number of nitrogens with two attached hydrogens (primary N) is 1. The SMILES string of the molecule is NCc1cccc(S(=O)(=O)Nc2ccc(F)cc2F)c1. The molecule has 0 heterocycles. The van der Waals surface area contributed by atoms with Crippen LogP contribution in [0.4, 0.5) is 14.5 Å². The van der Waals surface area contributed by atoms with Gasteiger partial charge in [0.25, 0.3) is 10.0 Å². The minimum absolute atomic E-state index is 0.0378. The van der Waals surface area contributed by atoms with Crippen molar-refractivity contribution in [3.8, 4) is 0 Å². The van der Waals surface area contributed by atoms with Crippen LogP contribution in [-0.4, -0.2) is 8.42 Å². The van der Waals surface area contributed by atoms with Gasteiger partial charge in [0.2, 0.25) is 0 Å². The fourth-order valence-corrected chi connectivity index (χ4v) is 2.75. The zero-order chi connectivity index (χ0) is 14.8. The van der Waals surface area contributed by atoms with Crippen LogP contribution in [0.15, 0.2) is 47.4 Å². The number of sulfonamides is 1. The molecule has 2 aromatic carbocycles. The number of nitrogens with one attached hydrogen (secondary N) is 1. The lowest BCUT2D eigenvalue weighted by molar-refractivity contribution is 0.583. The van der Waals surface area contributed by atoms with Crippen molar-refractivity contribution in [1.82, 2.24) is 0 Å². The molecule has 106 valence electrons. The molecule has 0 unspecified atom stereocenters. The molecule has 4 nitrogen and oxygen atoms in total. The van der Waals surface area contributed by atoms with Gasteiger partial charge in [-0.2, -0.15) is 0 Å². The quantitative estimate of drug-likeness (QED) is 0.909. The van der Waals surface area contributed by atoms with Crippen LogP contribution in [0.1, 0.15) is 5.56 Å². The number of benzene rings is 2. The third kappa shape index (κ3) is 3.12. The largest absolute Gasteiger partial charge is 0.326 e. The summed E-state index contributed by atoms with van der Waals surface area (Å²) in [6.45, 7) is 0.189. The first-order valence-corrected chi connectivity index (χ1v) is 7.17. The molecular weight excluding hydrogens is 286 g/mol. The van der Waals surface area contributed by atoms with E-state index in [4.69, 9.17) is 5.73 Å². The van der Waals surface area contributed by atoms with E-state index in [1.807, 2.05) is 0 Å². The Morgan fingerprint density at radius 3 is 2.50 bits per heavy atom. The van der Waals surface area contributed by atoms with Crippen LogP contribution >= 0.6 is 0 Å². The number of rotatable bonds is 4.